The smallest absolute Gasteiger partial charge is 0.187 e. The summed E-state index contributed by atoms with van der Waals surface area (Å²) in [5, 5.41) is 3.65. The third-order valence-corrected chi connectivity index (χ3v) is 7.57. The number of anilines is 2. The minimum Gasteiger partial charge on any atom is -0.382 e. The summed E-state index contributed by atoms with van der Waals surface area (Å²) in [6, 6.07) is 0. The van der Waals surface area contributed by atoms with E-state index in [1.165, 1.54) is 0 Å². The fourth-order valence-corrected chi connectivity index (χ4v) is 5.72. The summed E-state index contributed by atoms with van der Waals surface area (Å²) in [7, 11) is -3.29. The standard InChI is InChI=1S/C13H22N4O2S2/c1-2-17-6-5-9(8-17)7-15-13-11(12(14)16-20-13)21(18,19)10-3-4-10/h9-10,15H,2-8H2,1H3,(H2,14,16). The van der Waals surface area contributed by atoms with Crippen LogP contribution in [-0.4, -0.2) is 49.1 Å². The number of sulfone groups is 1. The number of nitrogen functional groups attached to an aromatic ring is 1. The number of rotatable bonds is 6. The van der Waals surface area contributed by atoms with Gasteiger partial charge in [-0.1, -0.05) is 6.92 Å². The van der Waals surface area contributed by atoms with Gasteiger partial charge >= 0.3 is 0 Å². The predicted octanol–water partition coefficient (Wildman–Crippen LogP) is 1.42. The molecule has 21 heavy (non-hydrogen) atoms. The van der Waals surface area contributed by atoms with Gasteiger partial charge in [-0.3, -0.25) is 0 Å². The Morgan fingerprint density at radius 3 is 2.81 bits per heavy atom. The lowest BCUT2D eigenvalue weighted by Gasteiger charge is -2.14. The van der Waals surface area contributed by atoms with Gasteiger partial charge in [-0.2, -0.15) is 4.37 Å². The maximum atomic E-state index is 12.4. The second-order valence-corrected chi connectivity index (χ2v) is 8.84. The van der Waals surface area contributed by atoms with Crippen LogP contribution in [0.1, 0.15) is 26.2 Å². The van der Waals surface area contributed by atoms with Crippen LogP contribution >= 0.6 is 11.5 Å². The van der Waals surface area contributed by atoms with Crippen molar-refractivity contribution in [2.75, 3.05) is 37.2 Å². The summed E-state index contributed by atoms with van der Waals surface area (Å²) in [5.41, 5.74) is 5.79. The Kier molecular flexibility index (Phi) is 4.11. The van der Waals surface area contributed by atoms with E-state index in [0.29, 0.717) is 10.9 Å². The molecular formula is C13H22N4O2S2. The molecule has 1 aliphatic heterocycles. The summed E-state index contributed by atoms with van der Waals surface area (Å²) < 4.78 is 28.9. The highest BCUT2D eigenvalue weighted by molar-refractivity contribution is 7.92. The minimum absolute atomic E-state index is 0.149. The van der Waals surface area contributed by atoms with E-state index in [4.69, 9.17) is 5.73 Å². The van der Waals surface area contributed by atoms with Crippen molar-refractivity contribution in [1.29, 1.82) is 0 Å². The van der Waals surface area contributed by atoms with Crippen LogP contribution in [0, 0.1) is 5.92 Å². The second-order valence-electron chi connectivity index (χ2n) is 5.90. The summed E-state index contributed by atoms with van der Waals surface area (Å²) >= 11 is 1.16. The van der Waals surface area contributed by atoms with Crippen LogP contribution in [0.4, 0.5) is 10.8 Å². The van der Waals surface area contributed by atoms with Crippen molar-refractivity contribution in [3.8, 4) is 0 Å². The van der Waals surface area contributed by atoms with E-state index in [0.717, 1.165) is 57.0 Å². The molecule has 0 radical (unpaired) electrons. The molecule has 3 rings (SSSR count). The number of hydrogen-bond donors (Lipinski definition) is 2. The van der Waals surface area contributed by atoms with Crippen molar-refractivity contribution < 1.29 is 8.42 Å². The van der Waals surface area contributed by atoms with Gasteiger partial charge in [0.05, 0.1) is 5.25 Å². The summed E-state index contributed by atoms with van der Waals surface area (Å²) in [5.74, 6) is 0.709. The Bertz CT molecular complexity index is 610. The Labute approximate surface area is 129 Å². The number of nitrogens with zero attached hydrogens (tertiary/aromatic N) is 2. The average Bonchev–Trinajstić information content (AvgIpc) is 3.11. The van der Waals surface area contributed by atoms with E-state index in [2.05, 4.69) is 21.5 Å². The van der Waals surface area contributed by atoms with Crippen molar-refractivity contribution in [3.63, 3.8) is 0 Å². The minimum atomic E-state index is -3.29. The fourth-order valence-electron chi connectivity index (χ4n) is 2.83. The topological polar surface area (TPSA) is 88.3 Å². The molecule has 2 fully saturated rings. The second kappa shape index (κ2) is 5.73. The Balaban J connectivity index is 1.69. The zero-order chi connectivity index (χ0) is 15.0. The van der Waals surface area contributed by atoms with Crippen LogP contribution in [0.25, 0.3) is 0 Å². The van der Waals surface area contributed by atoms with E-state index in [9.17, 15) is 8.42 Å². The van der Waals surface area contributed by atoms with Crippen LogP contribution in [0.3, 0.4) is 0 Å². The van der Waals surface area contributed by atoms with Crippen LogP contribution in [-0.2, 0) is 9.84 Å². The van der Waals surface area contributed by atoms with Gasteiger partial charge in [0.1, 0.15) is 9.90 Å². The molecule has 1 unspecified atom stereocenters. The molecule has 1 aromatic heterocycles. The average molecular weight is 330 g/mol. The fraction of sp³-hybridized carbons (Fsp3) is 0.769. The van der Waals surface area contributed by atoms with E-state index < -0.39 is 9.84 Å². The van der Waals surface area contributed by atoms with E-state index in [1.54, 1.807) is 0 Å². The van der Waals surface area contributed by atoms with E-state index in [-0.39, 0.29) is 16.0 Å². The van der Waals surface area contributed by atoms with Crippen LogP contribution in [0.15, 0.2) is 4.90 Å². The molecule has 1 saturated heterocycles. The molecule has 0 bridgehead atoms. The third kappa shape index (κ3) is 3.02. The quantitative estimate of drug-likeness (QED) is 0.820. The number of nitrogens with two attached hydrogens (primary N) is 1. The highest BCUT2D eigenvalue weighted by Crippen LogP contribution is 2.41. The van der Waals surface area contributed by atoms with Crippen LogP contribution < -0.4 is 11.1 Å². The Hall–Kier alpha value is -0.860. The van der Waals surface area contributed by atoms with Crippen molar-refractivity contribution >= 4 is 32.2 Å². The summed E-state index contributed by atoms with van der Waals surface area (Å²) in [6.07, 6.45) is 2.64. The molecule has 118 valence electrons. The number of nitrogens with one attached hydrogen (secondary N) is 1. The first-order valence-electron chi connectivity index (χ1n) is 7.47. The van der Waals surface area contributed by atoms with Gasteiger partial charge in [0.2, 0.25) is 0 Å². The van der Waals surface area contributed by atoms with Gasteiger partial charge in [-0.05, 0) is 49.8 Å². The normalized spacial score (nSPS) is 23.6. The monoisotopic (exact) mass is 330 g/mol. The maximum absolute atomic E-state index is 12.4. The van der Waals surface area contributed by atoms with Crippen molar-refractivity contribution in [3.05, 3.63) is 0 Å². The Morgan fingerprint density at radius 1 is 1.43 bits per heavy atom. The number of aromatic nitrogens is 1. The lowest BCUT2D eigenvalue weighted by molar-refractivity contribution is 0.345. The van der Waals surface area contributed by atoms with Crippen LogP contribution in [0.2, 0.25) is 0 Å². The molecule has 8 heteroatoms. The highest BCUT2D eigenvalue weighted by Gasteiger charge is 2.40. The van der Waals surface area contributed by atoms with Gasteiger partial charge in [0.25, 0.3) is 0 Å². The van der Waals surface area contributed by atoms with Crippen molar-refractivity contribution in [2.45, 2.75) is 36.3 Å². The SMILES string of the molecule is CCN1CCC(CNc2snc(N)c2S(=O)(=O)C2CC2)C1. The molecule has 2 aliphatic rings. The molecule has 0 amide bonds. The molecular weight excluding hydrogens is 308 g/mol. The first-order chi connectivity index (χ1) is 10.0. The van der Waals surface area contributed by atoms with Gasteiger partial charge in [-0.25, -0.2) is 8.42 Å². The Morgan fingerprint density at radius 2 is 2.19 bits per heavy atom. The molecule has 0 spiro atoms. The third-order valence-electron chi connectivity index (χ3n) is 4.29. The highest BCUT2D eigenvalue weighted by atomic mass is 32.2. The van der Waals surface area contributed by atoms with Crippen molar-refractivity contribution in [2.24, 2.45) is 5.92 Å². The number of hydrogen-bond acceptors (Lipinski definition) is 7. The zero-order valence-corrected chi connectivity index (χ0v) is 13.8. The maximum Gasteiger partial charge on any atom is 0.187 e. The first kappa shape index (κ1) is 15.1. The zero-order valence-electron chi connectivity index (χ0n) is 12.2. The van der Waals surface area contributed by atoms with Gasteiger partial charge in [0, 0.05) is 13.1 Å². The molecule has 1 aliphatic carbocycles. The molecule has 1 atom stereocenters. The molecule has 6 nitrogen and oxygen atoms in total. The molecule has 0 aromatic carbocycles. The van der Waals surface area contributed by atoms with Gasteiger partial charge in [-0.15, -0.1) is 0 Å². The van der Waals surface area contributed by atoms with Gasteiger partial charge in [0.15, 0.2) is 15.7 Å². The molecule has 2 heterocycles. The molecule has 3 N–H and O–H groups in total. The van der Waals surface area contributed by atoms with Gasteiger partial charge < -0.3 is 16.0 Å². The lowest BCUT2D eigenvalue weighted by atomic mass is 10.1. The van der Waals surface area contributed by atoms with E-state index >= 15 is 0 Å². The predicted molar refractivity (Wildman–Crippen MR) is 85.4 cm³/mol. The molecule has 1 saturated carbocycles. The summed E-state index contributed by atoms with van der Waals surface area (Å²) in [4.78, 5) is 2.65. The van der Waals surface area contributed by atoms with E-state index in [1.807, 2.05) is 0 Å². The van der Waals surface area contributed by atoms with Crippen LogP contribution in [0.5, 0.6) is 0 Å². The number of likely N-dealkylation sites (tertiary alicyclic amines) is 1. The molecule has 1 aromatic rings. The summed E-state index contributed by atoms with van der Waals surface area (Å²) in [6.45, 7) is 6.22. The first-order valence-corrected chi connectivity index (χ1v) is 9.79. The lowest BCUT2D eigenvalue weighted by Crippen LogP contribution is -2.22. The van der Waals surface area contributed by atoms with Crippen molar-refractivity contribution in [1.82, 2.24) is 9.27 Å². The largest absolute Gasteiger partial charge is 0.382 e.